The van der Waals surface area contributed by atoms with Crippen LogP contribution >= 0.6 is 0 Å². The maximum absolute atomic E-state index is 14.3. The molecule has 0 saturated heterocycles. The largest absolute Gasteiger partial charge is 0.490 e. The van der Waals surface area contributed by atoms with Gasteiger partial charge in [0.25, 0.3) is 0 Å². The normalized spacial score (nSPS) is 19.3. The third-order valence-electron chi connectivity index (χ3n) is 27.0. The number of allylic oxidation sites excluding steroid dienone is 10. The van der Waals surface area contributed by atoms with Gasteiger partial charge in [-0.1, -0.05) is 167 Å². The van der Waals surface area contributed by atoms with E-state index in [1.165, 1.54) is 154 Å². The highest BCUT2D eigenvalue weighted by Gasteiger charge is 2.29. The van der Waals surface area contributed by atoms with Crippen LogP contribution in [0.15, 0.2) is 134 Å². The Bertz CT molecular complexity index is 4440. The van der Waals surface area contributed by atoms with Gasteiger partial charge in [0.2, 0.25) is 0 Å². The zero-order chi connectivity index (χ0) is 83.7. The van der Waals surface area contributed by atoms with E-state index in [0.717, 1.165) is 199 Å². The van der Waals surface area contributed by atoms with Gasteiger partial charge in [-0.25, -0.2) is 26.3 Å². The minimum atomic E-state index is -0.200. The minimum Gasteiger partial charge on any atom is -0.490 e. The monoisotopic (exact) mass is 1650 g/mol. The molecule has 648 valence electrons. The van der Waals surface area contributed by atoms with E-state index in [9.17, 15) is 26.3 Å². The Hall–Kier alpha value is -7.86. The summed E-state index contributed by atoms with van der Waals surface area (Å²) in [6, 6.07) is 22.7. The van der Waals surface area contributed by atoms with Gasteiger partial charge in [-0.2, -0.15) is 0 Å². The molecule has 120 heavy (non-hydrogen) atoms. The van der Waals surface area contributed by atoms with Crippen LogP contribution in [0.1, 0.15) is 291 Å². The molecule has 12 saturated carbocycles. The van der Waals surface area contributed by atoms with Crippen molar-refractivity contribution in [3.8, 4) is 34.5 Å². The van der Waals surface area contributed by atoms with Crippen molar-refractivity contribution in [2.75, 3.05) is 19.8 Å². The first kappa shape index (κ1) is 89.9. The molecule has 6 aromatic rings. The highest BCUT2D eigenvalue weighted by atomic mass is 19.1. The number of benzene rings is 6. The second-order valence-electron chi connectivity index (χ2n) is 37.1. The van der Waals surface area contributed by atoms with Crippen molar-refractivity contribution in [2.24, 2.45) is 53.3 Å². The molecule has 0 amide bonds. The first-order chi connectivity index (χ1) is 58.4. The molecule has 12 aliphatic rings. The zero-order valence-corrected chi connectivity index (χ0v) is 73.2. The van der Waals surface area contributed by atoms with Crippen LogP contribution in [0.5, 0.6) is 34.5 Å². The summed E-state index contributed by atoms with van der Waals surface area (Å²) < 4.78 is 119. The van der Waals surface area contributed by atoms with E-state index in [4.69, 9.17) is 28.4 Å². The van der Waals surface area contributed by atoms with Crippen molar-refractivity contribution in [3.63, 3.8) is 0 Å². The molecule has 12 aliphatic carbocycles. The van der Waals surface area contributed by atoms with E-state index >= 15 is 0 Å². The van der Waals surface area contributed by atoms with E-state index in [-0.39, 0.29) is 53.2 Å². The van der Waals surface area contributed by atoms with Gasteiger partial charge in [-0.15, -0.1) is 0 Å². The summed E-state index contributed by atoms with van der Waals surface area (Å²) in [6.45, 7) is 13.0. The second kappa shape index (κ2) is 45.5. The molecule has 0 aliphatic heterocycles. The molecular formula is C108H138F6O6. The minimum absolute atomic E-state index is 0.164. The number of rotatable bonds is 36. The van der Waals surface area contributed by atoms with Crippen LogP contribution in [0, 0.1) is 130 Å². The molecule has 0 radical (unpaired) electrons. The van der Waals surface area contributed by atoms with E-state index in [0.29, 0.717) is 71.4 Å². The first-order valence-electron chi connectivity index (χ1n) is 47.0. The average Bonchev–Trinajstić information content (AvgIpc) is 1.58. The van der Waals surface area contributed by atoms with Crippen LogP contribution in [-0.2, 0) is 25.7 Å². The first-order valence-corrected chi connectivity index (χ1v) is 47.0. The zero-order valence-electron chi connectivity index (χ0n) is 73.2. The molecule has 0 unspecified atom stereocenters. The van der Waals surface area contributed by atoms with Crippen LogP contribution in [0.2, 0.25) is 0 Å². The van der Waals surface area contributed by atoms with Gasteiger partial charge in [0.1, 0.15) is 0 Å². The third-order valence-corrected chi connectivity index (χ3v) is 27.0. The molecule has 12 heteroatoms. The number of halogens is 6. The maximum atomic E-state index is 14.3. The Morgan fingerprint density at radius 1 is 0.267 bits per heavy atom. The van der Waals surface area contributed by atoms with Gasteiger partial charge in [0.05, 0.1) is 38.1 Å². The van der Waals surface area contributed by atoms with Crippen molar-refractivity contribution < 1.29 is 54.8 Å². The number of aryl methyl sites for hydroxylation is 2. The van der Waals surface area contributed by atoms with Gasteiger partial charge in [0.15, 0.2) is 69.4 Å². The fourth-order valence-corrected chi connectivity index (χ4v) is 15.4. The molecule has 12 fully saturated rings. The Morgan fingerprint density at radius 3 is 0.842 bits per heavy atom. The van der Waals surface area contributed by atoms with Crippen LogP contribution < -0.4 is 28.4 Å². The molecule has 6 nitrogen and oxygen atoms in total. The molecule has 0 bridgehead atoms. The van der Waals surface area contributed by atoms with Crippen molar-refractivity contribution in [1.82, 2.24) is 0 Å². The van der Waals surface area contributed by atoms with Crippen molar-refractivity contribution in [1.29, 1.82) is 0 Å². The van der Waals surface area contributed by atoms with Crippen molar-refractivity contribution in [2.45, 2.75) is 310 Å². The predicted molar refractivity (Wildman–Crippen MR) is 479 cm³/mol. The number of hydrogen-bond acceptors (Lipinski definition) is 6. The Kier molecular flexibility index (Phi) is 34.1. The van der Waals surface area contributed by atoms with Gasteiger partial charge in [-0.3, -0.25) is 0 Å². The van der Waals surface area contributed by atoms with E-state index in [2.05, 4.69) is 66.8 Å². The number of ether oxygens (including phenoxy) is 6. The fraction of sp³-hybridized carbons (Fsp3) is 0.556. The summed E-state index contributed by atoms with van der Waals surface area (Å²) in [5.41, 5.74) is 10.6. The highest BCUT2D eigenvalue weighted by Crippen LogP contribution is 2.41. The van der Waals surface area contributed by atoms with Crippen LogP contribution in [-0.4, -0.2) is 38.1 Å². The van der Waals surface area contributed by atoms with Crippen LogP contribution in [0.3, 0.4) is 0 Å². The van der Waals surface area contributed by atoms with Crippen molar-refractivity contribution >= 4 is 12.2 Å². The third kappa shape index (κ3) is 28.6. The molecule has 0 atom stereocenters. The van der Waals surface area contributed by atoms with Crippen molar-refractivity contribution in [3.05, 3.63) is 235 Å². The highest BCUT2D eigenvalue weighted by molar-refractivity contribution is 5.58. The lowest BCUT2D eigenvalue weighted by Crippen LogP contribution is -2.25. The van der Waals surface area contributed by atoms with Crippen LogP contribution in [0.25, 0.3) is 12.2 Å². The molecule has 0 aromatic heterocycles. The summed E-state index contributed by atoms with van der Waals surface area (Å²) in [4.78, 5) is 0. The van der Waals surface area contributed by atoms with E-state index in [1.807, 2.05) is 90.1 Å². The summed E-state index contributed by atoms with van der Waals surface area (Å²) in [6.07, 6.45) is 73.6. The quantitative estimate of drug-likeness (QED) is 0.0289. The van der Waals surface area contributed by atoms with Gasteiger partial charge in [0, 0.05) is 0 Å². The summed E-state index contributed by atoms with van der Waals surface area (Å²) in [7, 11) is 0. The Morgan fingerprint density at radius 2 is 0.525 bits per heavy atom. The topological polar surface area (TPSA) is 55.4 Å². The lowest BCUT2D eigenvalue weighted by molar-refractivity contribution is 0.114. The van der Waals surface area contributed by atoms with Crippen LogP contribution in [0.4, 0.5) is 26.3 Å². The number of hydrogen-bond donors (Lipinski definition) is 0. The van der Waals surface area contributed by atoms with E-state index < -0.39 is 0 Å². The van der Waals surface area contributed by atoms with Gasteiger partial charge < -0.3 is 28.4 Å². The maximum Gasteiger partial charge on any atom is 0.168 e. The summed E-state index contributed by atoms with van der Waals surface area (Å²) >= 11 is 0. The Balaban J connectivity index is 0.000000125. The molecule has 6 aromatic carbocycles. The molecule has 0 N–H and O–H groups in total. The summed E-state index contributed by atoms with van der Waals surface area (Å²) in [5.74, 6) is 8.52. The molecule has 0 spiro atoms. The smallest absolute Gasteiger partial charge is 0.168 e. The molecule has 0 heterocycles. The lowest BCUT2D eigenvalue weighted by Gasteiger charge is -2.27. The molecule has 18 rings (SSSR count). The lowest BCUT2D eigenvalue weighted by atomic mass is 9.85. The van der Waals surface area contributed by atoms with Gasteiger partial charge >= 0.3 is 0 Å². The predicted octanol–water partition coefficient (Wildman–Crippen LogP) is 30.0. The Labute approximate surface area is 715 Å². The SMILES string of the molecule is Cc1c(/C=C/C2CC2)ccc(OCCC2CC2)c1F.Cc1c(/C=C/C2CCC2)ccc(OC2CCC2)c1F.Cc1c(C/C=C/C2CC2)ccc(OCCC2CC2)c1F.Cc1c(C/C=C/C2CCC2)ccc(OC2CCC2)c1F.Cc1c(CC/C=C/C2CC2)ccc(OCCC2CC2)c1F.Cc1c(CC/C=C/C2CCC2)ccc(OC2CCC2)c1F. The summed E-state index contributed by atoms with van der Waals surface area (Å²) in [5, 5.41) is 0. The fourth-order valence-electron chi connectivity index (χ4n) is 15.4. The average molecular weight is 1650 g/mol. The van der Waals surface area contributed by atoms with Gasteiger partial charge in [-0.05, 0) is 391 Å². The molecular weight excluding hydrogens is 1510 g/mol. The van der Waals surface area contributed by atoms with E-state index in [1.54, 1.807) is 30.3 Å². The standard InChI is InChI=1S/2C19H25FO.2C18H23FO.2C17H21FO/c1-14-16(9-3-2-6-15-7-4-8-15)12-13-18(19(14)20)21-17-10-5-11-17;1-14-17(5-3-2-4-15-6-7-15)10-11-18(19(14)20)21-13-12-16-8-9-16;1-13-15(8-3-7-14-5-2-6-14)11-12-17(18(13)19)20-16-9-4-10-16;1-13-16(4-2-3-14-5-6-14)9-10-17(18(13)19)20-12-11-15-7-8-15;1-12-14(9-8-13-4-2-5-13)10-11-16(17(12)18)19-15-6-3-7-15;1-12-15(7-6-13-2-3-13)8-9-16(17(12)18)19-11-10-14-4-5-14/h2,6,12-13,15,17H,3-5,7-11H2,1H3;2,4,10-11,15-16H,3,5-9,12-13H2,1H3;3,7,11-12,14,16H,2,4-6,8-10H2,1H3;2-3,9-10,14-15H,4-8,11-12H2,1H3;8-11,13,15H,2-7H2,1H3;6-9,13-14H,2-5,10-11H2,1H3/b6-2+;4-2+;7-3+;3-2+;9-8+;7-6+. The second-order valence-corrected chi connectivity index (χ2v) is 37.1.